The summed E-state index contributed by atoms with van der Waals surface area (Å²) in [6.45, 7) is 3.93. The van der Waals surface area contributed by atoms with Crippen molar-refractivity contribution in [3.8, 4) is 0 Å². The second-order valence-corrected chi connectivity index (χ2v) is 5.05. The normalized spacial score (nSPS) is 19.0. The zero-order valence-corrected chi connectivity index (χ0v) is 10.1. The van der Waals surface area contributed by atoms with E-state index in [1.54, 1.807) is 0 Å². The quantitative estimate of drug-likeness (QED) is 0.838. The monoisotopic (exact) mass is 231 g/mol. The number of primary amides is 1. The number of hydrogen-bond donors (Lipinski definition) is 1. The van der Waals surface area contributed by atoms with Crippen molar-refractivity contribution in [1.82, 2.24) is 4.98 Å². The summed E-state index contributed by atoms with van der Waals surface area (Å²) in [7, 11) is 0. The SMILES string of the molecule is Cc1c(N2CCC(C(N)=O)CC2)ncc2c1C2. The summed E-state index contributed by atoms with van der Waals surface area (Å²) >= 11 is 0. The van der Waals surface area contributed by atoms with Crippen molar-refractivity contribution < 1.29 is 4.79 Å². The zero-order valence-electron chi connectivity index (χ0n) is 10.1. The number of pyridine rings is 1. The van der Waals surface area contributed by atoms with Crippen LogP contribution in [0.4, 0.5) is 5.82 Å². The number of rotatable bonds is 2. The van der Waals surface area contributed by atoms with Crippen LogP contribution in [0.2, 0.25) is 0 Å². The summed E-state index contributed by atoms with van der Waals surface area (Å²) < 4.78 is 0. The molecule has 1 aromatic heterocycles. The van der Waals surface area contributed by atoms with Gasteiger partial charge in [-0.1, -0.05) is 0 Å². The van der Waals surface area contributed by atoms with Gasteiger partial charge in [-0.2, -0.15) is 0 Å². The van der Waals surface area contributed by atoms with Gasteiger partial charge in [-0.05, 0) is 42.9 Å². The Kier molecular flexibility index (Phi) is 2.31. The smallest absolute Gasteiger partial charge is 0.220 e. The second kappa shape index (κ2) is 3.72. The van der Waals surface area contributed by atoms with Gasteiger partial charge in [0.25, 0.3) is 0 Å². The lowest BCUT2D eigenvalue weighted by molar-refractivity contribution is -0.122. The Hall–Kier alpha value is -1.58. The van der Waals surface area contributed by atoms with Gasteiger partial charge >= 0.3 is 0 Å². The molecular weight excluding hydrogens is 214 g/mol. The van der Waals surface area contributed by atoms with Crippen molar-refractivity contribution in [2.45, 2.75) is 26.2 Å². The van der Waals surface area contributed by atoms with Gasteiger partial charge in [0.2, 0.25) is 5.91 Å². The molecule has 0 atom stereocenters. The molecule has 1 aliphatic carbocycles. The van der Waals surface area contributed by atoms with E-state index in [2.05, 4.69) is 16.8 Å². The number of anilines is 1. The van der Waals surface area contributed by atoms with Crippen LogP contribution in [0.3, 0.4) is 0 Å². The highest BCUT2D eigenvalue weighted by Gasteiger charge is 2.28. The Balaban J connectivity index is 1.75. The van der Waals surface area contributed by atoms with Gasteiger partial charge in [-0.15, -0.1) is 0 Å². The maximum Gasteiger partial charge on any atom is 0.220 e. The molecule has 4 nitrogen and oxygen atoms in total. The van der Waals surface area contributed by atoms with Crippen LogP contribution in [-0.2, 0) is 11.2 Å². The van der Waals surface area contributed by atoms with Gasteiger partial charge in [0, 0.05) is 25.2 Å². The largest absolute Gasteiger partial charge is 0.369 e. The minimum Gasteiger partial charge on any atom is -0.369 e. The number of amides is 1. The Morgan fingerprint density at radius 2 is 2.18 bits per heavy atom. The number of piperidine rings is 1. The van der Waals surface area contributed by atoms with E-state index in [9.17, 15) is 4.79 Å². The second-order valence-electron chi connectivity index (χ2n) is 5.05. The fourth-order valence-electron chi connectivity index (χ4n) is 2.71. The standard InChI is InChI=1S/C13H17N3O/c1-8-11-6-10(11)7-15-13(8)16-4-2-9(3-5-16)12(14)17/h7,9H,2-6H2,1H3,(H2,14,17). The average molecular weight is 231 g/mol. The number of aromatic nitrogens is 1. The summed E-state index contributed by atoms with van der Waals surface area (Å²) in [5.41, 5.74) is 9.51. The average Bonchev–Trinajstić information content (AvgIpc) is 3.10. The Morgan fingerprint density at radius 1 is 1.47 bits per heavy atom. The third kappa shape index (κ3) is 1.77. The third-order valence-corrected chi connectivity index (χ3v) is 3.96. The highest BCUT2D eigenvalue weighted by Crippen LogP contribution is 2.36. The third-order valence-electron chi connectivity index (χ3n) is 3.96. The van der Waals surface area contributed by atoms with E-state index in [4.69, 9.17) is 5.73 Å². The molecule has 17 heavy (non-hydrogen) atoms. The minimum atomic E-state index is -0.158. The highest BCUT2D eigenvalue weighted by atomic mass is 16.1. The van der Waals surface area contributed by atoms with Crippen LogP contribution in [0.1, 0.15) is 29.5 Å². The van der Waals surface area contributed by atoms with Crippen LogP contribution in [-0.4, -0.2) is 24.0 Å². The molecule has 2 N–H and O–H groups in total. The summed E-state index contributed by atoms with van der Waals surface area (Å²) in [4.78, 5) is 17.9. The maximum atomic E-state index is 11.1. The summed E-state index contributed by atoms with van der Waals surface area (Å²) in [5, 5.41) is 0. The van der Waals surface area contributed by atoms with Crippen molar-refractivity contribution in [3.05, 3.63) is 22.9 Å². The van der Waals surface area contributed by atoms with E-state index in [1.807, 2.05) is 6.20 Å². The van der Waals surface area contributed by atoms with Crippen molar-refractivity contribution in [1.29, 1.82) is 0 Å². The van der Waals surface area contributed by atoms with Crippen molar-refractivity contribution in [3.63, 3.8) is 0 Å². The molecule has 1 fully saturated rings. The lowest BCUT2D eigenvalue weighted by Gasteiger charge is -2.32. The molecule has 3 rings (SSSR count). The molecule has 1 aromatic rings. The first kappa shape index (κ1) is 10.6. The fourth-order valence-corrected chi connectivity index (χ4v) is 2.71. The van der Waals surface area contributed by atoms with E-state index in [1.165, 1.54) is 16.7 Å². The zero-order chi connectivity index (χ0) is 12.0. The number of carbonyl (C=O) groups excluding carboxylic acids is 1. The lowest BCUT2D eigenvalue weighted by Crippen LogP contribution is -2.39. The number of nitrogens with zero attached hydrogens (tertiary/aromatic N) is 2. The van der Waals surface area contributed by atoms with Gasteiger partial charge in [0.05, 0.1) is 0 Å². The van der Waals surface area contributed by atoms with E-state index in [-0.39, 0.29) is 11.8 Å². The van der Waals surface area contributed by atoms with Crippen LogP contribution in [0.25, 0.3) is 0 Å². The van der Waals surface area contributed by atoms with Crippen LogP contribution >= 0.6 is 0 Å². The van der Waals surface area contributed by atoms with Gasteiger partial charge in [0.1, 0.15) is 5.82 Å². The lowest BCUT2D eigenvalue weighted by atomic mass is 9.96. The number of hydrogen-bond acceptors (Lipinski definition) is 3. The number of nitrogens with two attached hydrogens (primary N) is 1. The van der Waals surface area contributed by atoms with Crippen LogP contribution in [0.15, 0.2) is 6.20 Å². The molecule has 4 heteroatoms. The molecule has 0 saturated carbocycles. The minimum absolute atomic E-state index is 0.0513. The Morgan fingerprint density at radius 3 is 2.82 bits per heavy atom. The van der Waals surface area contributed by atoms with E-state index in [0.717, 1.165) is 38.2 Å². The molecule has 1 saturated heterocycles. The first-order chi connectivity index (χ1) is 8.16. The van der Waals surface area contributed by atoms with Gasteiger partial charge in [-0.3, -0.25) is 4.79 Å². The molecule has 0 unspecified atom stereocenters. The van der Waals surface area contributed by atoms with Crippen LogP contribution in [0, 0.1) is 12.8 Å². The van der Waals surface area contributed by atoms with Crippen molar-refractivity contribution in [2.24, 2.45) is 11.7 Å². The predicted octanol–water partition coefficient (Wildman–Crippen LogP) is 0.996. The number of carbonyl (C=O) groups is 1. The first-order valence-electron chi connectivity index (χ1n) is 6.18. The van der Waals surface area contributed by atoms with Gasteiger partial charge < -0.3 is 10.6 Å². The Labute approximate surface area is 101 Å². The molecule has 0 radical (unpaired) electrons. The summed E-state index contributed by atoms with van der Waals surface area (Å²) in [5.74, 6) is 0.995. The first-order valence-corrected chi connectivity index (χ1v) is 6.18. The van der Waals surface area contributed by atoms with Crippen molar-refractivity contribution in [2.75, 3.05) is 18.0 Å². The van der Waals surface area contributed by atoms with Gasteiger partial charge in [0.15, 0.2) is 0 Å². The van der Waals surface area contributed by atoms with Crippen molar-refractivity contribution >= 4 is 11.7 Å². The van der Waals surface area contributed by atoms with Crippen LogP contribution in [0.5, 0.6) is 0 Å². The topological polar surface area (TPSA) is 59.2 Å². The molecule has 1 amide bonds. The molecule has 0 aromatic carbocycles. The summed E-state index contributed by atoms with van der Waals surface area (Å²) in [6.07, 6.45) is 4.80. The molecule has 2 heterocycles. The summed E-state index contributed by atoms with van der Waals surface area (Å²) in [6, 6.07) is 0. The number of fused-ring (bicyclic) bond motifs is 1. The molecule has 1 aliphatic heterocycles. The molecule has 2 aliphatic rings. The van der Waals surface area contributed by atoms with E-state index < -0.39 is 0 Å². The molecule has 0 spiro atoms. The molecule has 0 bridgehead atoms. The van der Waals surface area contributed by atoms with E-state index >= 15 is 0 Å². The Bertz CT molecular complexity index is 476. The fraction of sp³-hybridized carbons (Fsp3) is 0.538. The maximum absolute atomic E-state index is 11.1. The van der Waals surface area contributed by atoms with E-state index in [0.29, 0.717) is 0 Å². The molecular formula is C13H17N3O. The van der Waals surface area contributed by atoms with Crippen LogP contribution < -0.4 is 10.6 Å². The predicted molar refractivity (Wildman–Crippen MR) is 65.9 cm³/mol. The highest BCUT2D eigenvalue weighted by molar-refractivity contribution is 5.77. The molecule has 90 valence electrons. The van der Waals surface area contributed by atoms with Gasteiger partial charge in [-0.25, -0.2) is 4.98 Å².